The predicted octanol–water partition coefficient (Wildman–Crippen LogP) is 2.49. The van der Waals surface area contributed by atoms with E-state index in [0.717, 1.165) is 11.1 Å². The smallest absolute Gasteiger partial charge is 0.341 e. The minimum atomic E-state index is -0.336. The summed E-state index contributed by atoms with van der Waals surface area (Å²) in [5.74, 6) is 0.231. The molecule has 0 fully saturated rings. The number of benzene rings is 1. The van der Waals surface area contributed by atoms with Crippen molar-refractivity contribution in [2.24, 2.45) is 0 Å². The van der Waals surface area contributed by atoms with Gasteiger partial charge in [0.05, 0.1) is 13.7 Å². The second-order valence-corrected chi connectivity index (χ2v) is 3.36. The average Bonchev–Trinajstić information content (AvgIpc) is 2.21. The van der Waals surface area contributed by atoms with Crippen molar-refractivity contribution in [2.75, 3.05) is 13.7 Å². The molecular formula is C12H16O3. The Morgan fingerprint density at radius 1 is 1.27 bits per heavy atom. The van der Waals surface area contributed by atoms with E-state index >= 15 is 0 Å². The molecule has 0 heterocycles. The molecule has 3 nitrogen and oxygen atoms in total. The summed E-state index contributed by atoms with van der Waals surface area (Å²) in [6.07, 6.45) is 0. The van der Waals surface area contributed by atoms with Gasteiger partial charge in [-0.1, -0.05) is 0 Å². The molecule has 0 atom stereocenters. The number of hydrogen-bond donors (Lipinski definition) is 0. The van der Waals surface area contributed by atoms with Crippen LogP contribution in [0.1, 0.15) is 28.4 Å². The van der Waals surface area contributed by atoms with E-state index in [1.54, 1.807) is 20.1 Å². The molecule has 1 rings (SSSR count). The van der Waals surface area contributed by atoms with Crippen molar-refractivity contribution in [3.63, 3.8) is 0 Å². The molecule has 15 heavy (non-hydrogen) atoms. The Hall–Kier alpha value is -1.51. The normalized spacial score (nSPS) is 9.87. The highest BCUT2D eigenvalue weighted by Crippen LogP contribution is 2.23. The number of hydrogen-bond acceptors (Lipinski definition) is 3. The summed E-state index contributed by atoms with van der Waals surface area (Å²) in [6.45, 7) is 6.09. The maximum absolute atomic E-state index is 11.6. The largest absolute Gasteiger partial charge is 0.496 e. The van der Waals surface area contributed by atoms with Crippen LogP contribution in [0.2, 0.25) is 0 Å². The lowest BCUT2D eigenvalue weighted by atomic mass is 10.1. The Morgan fingerprint density at radius 2 is 1.87 bits per heavy atom. The Kier molecular flexibility index (Phi) is 3.72. The molecule has 0 bridgehead atoms. The fourth-order valence-corrected chi connectivity index (χ4v) is 1.33. The van der Waals surface area contributed by atoms with Gasteiger partial charge in [0.1, 0.15) is 11.3 Å². The van der Waals surface area contributed by atoms with Crippen molar-refractivity contribution >= 4 is 5.97 Å². The van der Waals surface area contributed by atoms with Gasteiger partial charge in [0.2, 0.25) is 0 Å². The van der Waals surface area contributed by atoms with E-state index in [-0.39, 0.29) is 5.97 Å². The van der Waals surface area contributed by atoms with Gasteiger partial charge in [-0.25, -0.2) is 4.79 Å². The number of aryl methyl sites for hydroxylation is 2. The lowest BCUT2D eigenvalue weighted by molar-refractivity contribution is 0.0522. The van der Waals surface area contributed by atoms with Crippen molar-refractivity contribution < 1.29 is 14.3 Å². The number of carbonyl (C=O) groups excluding carboxylic acids is 1. The second kappa shape index (κ2) is 4.82. The fourth-order valence-electron chi connectivity index (χ4n) is 1.33. The van der Waals surface area contributed by atoms with Gasteiger partial charge in [0.15, 0.2) is 0 Å². The number of esters is 1. The van der Waals surface area contributed by atoms with Crippen LogP contribution in [0.4, 0.5) is 0 Å². The van der Waals surface area contributed by atoms with Gasteiger partial charge in [-0.05, 0) is 44.0 Å². The van der Waals surface area contributed by atoms with Crippen LogP contribution in [0.3, 0.4) is 0 Å². The number of methoxy groups -OCH3 is 1. The molecule has 0 amide bonds. The first-order valence-electron chi connectivity index (χ1n) is 4.92. The SMILES string of the molecule is CCOC(=O)c1cc(C)c(C)cc1OC. The Morgan fingerprint density at radius 3 is 2.40 bits per heavy atom. The van der Waals surface area contributed by atoms with Gasteiger partial charge >= 0.3 is 5.97 Å². The molecule has 0 aromatic heterocycles. The van der Waals surface area contributed by atoms with Gasteiger partial charge in [0.25, 0.3) is 0 Å². The summed E-state index contributed by atoms with van der Waals surface area (Å²) in [5, 5.41) is 0. The van der Waals surface area contributed by atoms with Crippen LogP contribution in [-0.4, -0.2) is 19.7 Å². The molecule has 0 saturated heterocycles. The average molecular weight is 208 g/mol. The van der Waals surface area contributed by atoms with Gasteiger partial charge in [-0.15, -0.1) is 0 Å². The third-order valence-corrected chi connectivity index (χ3v) is 2.31. The minimum absolute atomic E-state index is 0.336. The monoisotopic (exact) mass is 208 g/mol. The minimum Gasteiger partial charge on any atom is -0.496 e. The Bertz CT molecular complexity index is 369. The number of ether oxygens (including phenoxy) is 2. The van der Waals surface area contributed by atoms with Crippen LogP contribution in [0, 0.1) is 13.8 Å². The lowest BCUT2D eigenvalue weighted by Crippen LogP contribution is -2.07. The molecule has 0 unspecified atom stereocenters. The van der Waals surface area contributed by atoms with E-state index in [2.05, 4.69) is 0 Å². The van der Waals surface area contributed by atoms with Crippen molar-refractivity contribution in [3.05, 3.63) is 28.8 Å². The van der Waals surface area contributed by atoms with E-state index in [1.165, 1.54) is 0 Å². The van der Waals surface area contributed by atoms with Crippen molar-refractivity contribution in [2.45, 2.75) is 20.8 Å². The van der Waals surface area contributed by atoms with E-state index in [1.807, 2.05) is 19.9 Å². The molecule has 0 aliphatic heterocycles. The topological polar surface area (TPSA) is 35.5 Å². The van der Waals surface area contributed by atoms with E-state index in [9.17, 15) is 4.79 Å². The van der Waals surface area contributed by atoms with Gasteiger partial charge in [-0.2, -0.15) is 0 Å². The van der Waals surface area contributed by atoms with E-state index < -0.39 is 0 Å². The summed E-state index contributed by atoms with van der Waals surface area (Å²) in [7, 11) is 1.55. The fraction of sp³-hybridized carbons (Fsp3) is 0.417. The van der Waals surface area contributed by atoms with Crippen molar-refractivity contribution in [1.82, 2.24) is 0 Å². The van der Waals surface area contributed by atoms with Gasteiger partial charge < -0.3 is 9.47 Å². The first-order chi connectivity index (χ1) is 7.10. The van der Waals surface area contributed by atoms with Crippen molar-refractivity contribution in [1.29, 1.82) is 0 Å². The van der Waals surface area contributed by atoms with Gasteiger partial charge in [0, 0.05) is 0 Å². The zero-order valence-electron chi connectivity index (χ0n) is 9.59. The molecule has 0 saturated carbocycles. The third-order valence-electron chi connectivity index (χ3n) is 2.31. The molecule has 1 aromatic carbocycles. The standard InChI is InChI=1S/C12H16O3/c1-5-15-12(13)10-6-8(2)9(3)7-11(10)14-4/h6-7H,5H2,1-4H3. The summed E-state index contributed by atoms with van der Waals surface area (Å²) in [6, 6.07) is 3.65. The van der Waals surface area contributed by atoms with Gasteiger partial charge in [-0.3, -0.25) is 0 Å². The molecular weight excluding hydrogens is 192 g/mol. The van der Waals surface area contributed by atoms with Crippen LogP contribution in [0.25, 0.3) is 0 Å². The molecule has 0 N–H and O–H groups in total. The van der Waals surface area contributed by atoms with Crippen LogP contribution in [-0.2, 0) is 4.74 Å². The Balaban J connectivity index is 3.15. The number of carbonyl (C=O) groups is 1. The molecule has 0 aliphatic rings. The quantitative estimate of drug-likeness (QED) is 0.716. The highest BCUT2D eigenvalue weighted by atomic mass is 16.5. The highest BCUT2D eigenvalue weighted by molar-refractivity contribution is 5.93. The van der Waals surface area contributed by atoms with E-state index in [0.29, 0.717) is 17.9 Å². The molecule has 3 heteroatoms. The summed E-state index contributed by atoms with van der Waals surface area (Å²) < 4.78 is 10.1. The van der Waals surface area contributed by atoms with Crippen LogP contribution in [0.5, 0.6) is 5.75 Å². The summed E-state index contributed by atoms with van der Waals surface area (Å²) >= 11 is 0. The molecule has 1 aromatic rings. The van der Waals surface area contributed by atoms with Crippen molar-refractivity contribution in [3.8, 4) is 5.75 Å². The second-order valence-electron chi connectivity index (χ2n) is 3.36. The maximum Gasteiger partial charge on any atom is 0.341 e. The maximum atomic E-state index is 11.6. The van der Waals surface area contributed by atoms with Crippen LogP contribution < -0.4 is 4.74 Å². The molecule has 82 valence electrons. The summed E-state index contributed by atoms with van der Waals surface area (Å²) in [4.78, 5) is 11.6. The first-order valence-corrected chi connectivity index (χ1v) is 4.92. The Labute approximate surface area is 90.0 Å². The number of rotatable bonds is 3. The third kappa shape index (κ3) is 2.49. The zero-order valence-corrected chi connectivity index (χ0v) is 9.59. The predicted molar refractivity (Wildman–Crippen MR) is 58.4 cm³/mol. The van der Waals surface area contributed by atoms with E-state index in [4.69, 9.17) is 9.47 Å². The lowest BCUT2D eigenvalue weighted by Gasteiger charge is -2.10. The molecule has 0 aliphatic carbocycles. The first kappa shape index (κ1) is 11.6. The van der Waals surface area contributed by atoms with Crippen LogP contribution >= 0.6 is 0 Å². The highest BCUT2D eigenvalue weighted by Gasteiger charge is 2.14. The van der Waals surface area contributed by atoms with Crippen LogP contribution in [0.15, 0.2) is 12.1 Å². The summed E-state index contributed by atoms with van der Waals surface area (Å²) in [5.41, 5.74) is 2.64. The molecule has 0 spiro atoms. The zero-order chi connectivity index (χ0) is 11.4. The molecule has 0 radical (unpaired) electrons.